The fourth-order valence-electron chi connectivity index (χ4n) is 2.93. The molecule has 1 N–H and O–H groups in total. The van der Waals surface area contributed by atoms with E-state index >= 15 is 0 Å². The third-order valence-corrected chi connectivity index (χ3v) is 3.83. The average Bonchev–Trinajstić information content (AvgIpc) is 2.80. The molecule has 1 aliphatic carbocycles. The Balaban J connectivity index is 1.78. The summed E-state index contributed by atoms with van der Waals surface area (Å²) in [4.78, 5) is 4.37. The number of fused-ring (bicyclic) bond motifs is 1. The molecule has 3 heteroatoms. The summed E-state index contributed by atoms with van der Waals surface area (Å²) in [5.74, 6) is 0.726. The van der Waals surface area contributed by atoms with Gasteiger partial charge in [-0.25, -0.2) is 4.98 Å². The molecule has 0 saturated heterocycles. The quantitative estimate of drug-likeness (QED) is 0.863. The summed E-state index contributed by atoms with van der Waals surface area (Å²) in [6, 6.07) is 6.75. The first-order valence-electron chi connectivity index (χ1n) is 6.66. The van der Waals surface area contributed by atoms with E-state index in [2.05, 4.69) is 36.3 Å². The van der Waals surface area contributed by atoms with Crippen molar-refractivity contribution in [2.24, 2.45) is 5.41 Å². The minimum atomic E-state index is 0.478. The Morgan fingerprint density at radius 1 is 1.39 bits per heavy atom. The third-order valence-electron chi connectivity index (χ3n) is 3.83. The summed E-state index contributed by atoms with van der Waals surface area (Å²) in [6.07, 6.45) is 3.79. The molecule has 0 aliphatic heterocycles. The number of hydrogen-bond acceptors (Lipinski definition) is 3. The molecule has 0 radical (unpaired) electrons. The fourth-order valence-corrected chi connectivity index (χ4v) is 2.93. The van der Waals surface area contributed by atoms with Gasteiger partial charge in [-0.05, 0) is 42.9 Å². The van der Waals surface area contributed by atoms with E-state index in [9.17, 15) is 0 Å². The summed E-state index contributed by atoms with van der Waals surface area (Å²) in [5, 5.41) is 3.62. The van der Waals surface area contributed by atoms with Gasteiger partial charge in [0.05, 0.1) is 0 Å². The zero-order chi connectivity index (χ0) is 12.8. The van der Waals surface area contributed by atoms with Crippen LogP contribution in [0.15, 0.2) is 22.6 Å². The number of hydrogen-bond donors (Lipinski definition) is 1. The van der Waals surface area contributed by atoms with Gasteiger partial charge < -0.3 is 9.73 Å². The van der Waals surface area contributed by atoms with Crippen LogP contribution in [0.25, 0.3) is 11.1 Å². The lowest BCUT2D eigenvalue weighted by Gasteiger charge is -2.18. The molecule has 3 rings (SSSR count). The van der Waals surface area contributed by atoms with Crippen molar-refractivity contribution in [2.75, 3.05) is 5.32 Å². The molecule has 1 unspecified atom stereocenters. The molecule has 1 aromatic carbocycles. The van der Waals surface area contributed by atoms with Crippen LogP contribution in [0.3, 0.4) is 0 Å². The Bertz CT molecular complexity index is 571. The largest absolute Gasteiger partial charge is 0.441 e. The van der Waals surface area contributed by atoms with Crippen LogP contribution in [-0.4, -0.2) is 11.0 Å². The zero-order valence-corrected chi connectivity index (χ0v) is 11.3. The van der Waals surface area contributed by atoms with Crippen LogP contribution in [-0.2, 0) is 0 Å². The highest BCUT2D eigenvalue weighted by Crippen LogP contribution is 2.38. The third kappa shape index (κ3) is 2.22. The predicted molar refractivity (Wildman–Crippen MR) is 73.8 cm³/mol. The van der Waals surface area contributed by atoms with Gasteiger partial charge in [-0.15, -0.1) is 0 Å². The van der Waals surface area contributed by atoms with Crippen molar-refractivity contribution in [3.05, 3.63) is 24.1 Å². The Labute approximate surface area is 108 Å². The van der Waals surface area contributed by atoms with E-state index in [0.717, 1.165) is 22.7 Å². The van der Waals surface area contributed by atoms with Gasteiger partial charge in [-0.2, -0.15) is 0 Å². The van der Waals surface area contributed by atoms with Gasteiger partial charge >= 0.3 is 0 Å². The van der Waals surface area contributed by atoms with E-state index in [1.54, 1.807) is 0 Å². The van der Waals surface area contributed by atoms with Crippen LogP contribution in [0.4, 0.5) is 5.69 Å². The van der Waals surface area contributed by atoms with Gasteiger partial charge in [0.15, 0.2) is 11.5 Å². The Morgan fingerprint density at radius 2 is 2.22 bits per heavy atom. The summed E-state index contributed by atoms with van der Waals surface area (Å²) in [5.41, 5.74) is 3.43. The molecule has 1 heterocycles. The second-order valence-electron chi connectivity index (χ2n) is 6.16. The van der Waals surface area contributed by atoms with Gasteiger partial charge in [0, 0.05) is 18.7 Å². The number of aromatic nitrogens is 1. The number of nitrogens with one attached hydrogen (secondary N) is 1. The molecule has 3 nitrogen and oxygen atoms in total. The highest BCUT2D eigenvalue weighted by molar-refractivity contribution is 5.77. The van der Waals surface area contributed by atoms with E-state index in [1.165, 1.54) is 19.3 Å². The second-order valence-corrected chi connectivity index (χ2v) is 6.16. The molecule has 18 heavy (non-hydrogen) atoms. The van der Waals surface area contributed by atoms with Crippen molar-refractivity contribution in [3.63, 3.8) is 0 Å². The lowest BCUT2D eigenvalue weighted by molar-refractivity contribution is 0.378. The summed E-state index contributed by atoms with van der Waals surface area (Å²) in [7, 11) is 0. The summed E-state index contributed by atoms with van der Waals surface area (Å²) >= 11 is 0. The number of rotatable bonds is 2. The van der Waals surface area contributed by atoms with Gasteiger partial charge in [0.25, 0.3) is 0 Å². The minimum Gasteiger partial charge on any atom is -0.441 e. The van der Waals surface area contributed by atoms with Crippen LogP contribution < -0.4 is 5.32 Å². The molecule has 0 spiro atoms. The molecule has 0 bridgehead atoms. The highest BCUT2D eigenvalue weighted by atomic mass is 16.3. The molecule has 1 atom stereocenters. The smallest absolute Gasteiger partial charge is 0.192 e. The van der Waals surface area contributed by atoms with Crippen LogP contribution in [0.5, 0.6) is 0 Å². The van der Waals surface area contributed by atoms with Crippen LogP contribution in [0.1, 0.15) is 39.0 Å². The van der Waals surface area contributed by atoms with Gasteiger partial charge in [-0.1, -0.05) is 13.8 Å². The van der Waals surface area contributed by atoms with Crippen molar-refractivity contribution in [3.8, 4) is 0 Å². The second kappa shape index (κ2) is 4.01. The normalized spacial score (nSPS) is 22.5. The van der Waals surface area contributed by atoms with Gasteiger partial charge in [0.1, 0.15) is 5.52 Å². The molecule has 0 amide bonds. The number of aryl methyl sites for hydroxylation is 1. The highest BCUT2D eigenvalue weighted by Gasteiger charge is 2.30. The van der Waals surface area contributed by atoms with Crippen LogP contribution in [0.2, 0.25) is 0 Å². The minimum absolute atomic E-state index is 0.478. The molecule has 1 fully saturated rings. The maximum Gasteiger partial charge on any atom is 0.192 e. The number of benzene rings is 1. The van der Waals surface area contributed by atoms with Crippen LogP contribution in [0, 0.1) is 12.3 Å². The van der Waals surface area contributed by atoms with E-state index in [-0.39, 0.29) is 0 Å². The lowest BCUT2D eigenvalue weighted by Crippen LogP contribution is -2.17. The average molecular weight is 244 g/mol. The van der Waals surface area contributed by atoms with E-state index in [1.807, 2.05) is 13.0 Å². The molecule has 1 aliphatic rings. The Morgan fingerprint density at radius 3 is 2.94 bits per heavy atom. The standard InChI is InChI=1S/C15H20N2O/c1-10-16-13-8-11(4-5-14(13)18-10)17-12-6-7-15(2,3)9-12/h4-5,8,12,17H,6-7,9H2,1-3H3. The number of oxazole rings is 1. The monoisotopic (exact) mass is 244 g/mol. The molecule has 96 valence electrons. The van der Waals surface area contributed by atoms with Crippen molar-refractivity contribution in [1.29, 1.82) is 0 Å². The summed E-state index contributed by atoms with van der Waals surface area (Å²) < 4.78 is 5.49. The molecule has 1 aromatic heterocycles. The molecule has 2 aromatic rings. The van der Waals surface area contributed by atoms with Crippen molar-refractivity contribution >= 4 is 16.8 Å². The molecule has 1 saturated carbocycles. The first-order chi connectivity index (χ1) is 8.52. The topological polar surface area (TPSA) is 38.1 Å². The summed E-state index contributed by atoms with van der Waals surface area (Å²) in [6.45, 7) is 6.57. The van der Waals surface area contributed by atoms with E-state index in [0.29, 0.717) is 11.5 Å². The molecular formula is C15H20N2O. The lowest BCUT2D eigenvalue weighted by atomic mass is 9.92. The first kappa shape index (κ1) is 11.6. The number of nitrogens with zero attached hydrogens (tertiary/aromatic N) is 1. The SMILES string of the molecule is Cc1nc2cc(NC3CCC(C)(C)C3)ccc2o1. The maximum atomic E-state index is 5.49. The van der Waals surface area contributed by atoms with Gasteiger partial charge in [-0.3, -0.25) is 0 Å². The Kier molecular flexibility index (Phi) is 2.58. The van der Waals surface area contributed by atoms with Crippen molar-refractivity contribution < 1.29 is 4.42 Å². The zero-order valence-electron chi connectivity index (χ0n) is 11.3. The van der Waals surface area contributed by atoms with Gasteiger partial charge in [0.2, 0.25) is 0 Å². The molecular weight excluding hydrogens is 224 g/mol. The van der Waals surface area contributed by atoms with Crippen LogP contribution >= 0.6 is 0 Å². The van der Waals surface area contributed by atoms with Crippen molar-refractivity contribution in [2.45, 2.75) is 46.1 Å². The van der Waals surface area contributed by atoms with E-state index < -0.39 is 0 Å². The van der Waals surface area contributed by atoms with E-state index in [4.69, 9.17) is 4.42 Å². The predicted octanol–water partition coefficient (Wildman–Crippen LogP) is 4.13. The Hall–Kier alpha value is -1.51. The maximum absolute atomic E-state index is 5.49. The first-order valence-corrected chi connectivity index (χ1v) is 6.66. The van der Waals surface area contributed by atoms with Crippen molar-refractivity contribution in [1.82, 2.24) is 4.98 Å². The number of anilines is 1. The fraction of sp³-hybridized carbons (Fsp3) is 0.533.